The molecule has 0 unspecified atom stereocenters. The van der Waals surface area contributed by atoms with Gasteiger partial charge in [0.05, 0.1) is 0 Å². The summed E-state index contributed by atoms with van der Waals surface area (Å²) in [6.45, 7) is 4.45. The monoisotopic (exact) mass is 406 g/mol. The third kappa shape index (κ3) is 5.37. The fourth-order valence-corrected chi connectivity index (χ4v) is 2.43. The van der Waals surface area contributed by atoms with Gasteiger partial charge in [0.2, 0.25) is 11.9 Å². The minimum atomic E-state index is -3.14. The fraction of sp³-hybridized carbons (Fsp3) is 0.263. The van der Waals surface area contributed by atoms with Crippen LogP contribution >= 0.6 is 0 Å². The third-order valence-corrected chi connectivity index (χ3v) is 3.60. The molecule has 0 spiro atoms. The second-order valence-electron chi connectivity index (χ2n) is 6.68. The van der Waals surface area contributed by atoms with Gasteiger partial charge in [0.25, 0.3) is 5.92 Å². The summed E-state index contributed by atoms with van der Waals surface area (Å²) < 4.78 is 54.2. The number of halogens is 4. The maximum atomic E-state index is 13.6. The van der Waals surface area contributed by atoms with Crippen molar-refractivity contribution in [3.63, 3.8) is 0 Å². The first-order valence-corrected chi connectivity index (χ1v) is 8.71. The lowest BCUT2D eigenvalue weighted by Gasteiger charge is -2.13. The van der Waals surface area contributed by atoms with Crippen LogP contribution in [0.1, 0.15) is 26.5 Å². The van der Waals surface area contributed by atoms with Crippen molar-refractivity contribution in [3.05, 3.63) is 53.7 Å². The number of nitrogens with one attached hydrogen (secondary N) is 2. The van der Waals surface area contributed by atoms with Gasteiger partial charge in [-0.25, -0.2) is 13.8 Å². The molecule has 0 radical (unpaired) electrons. The molecule has 2 N–H and O–H groups in total. The molecule has 2 heterocycles. The van der Waals surface area contributed by atoms with Gasteiger partial charge in [0.1, 0.15) is 23.0 Å². The van der Waals surface area contributed by atoms with Crippen molar-refractivity contribution in [3.8, 4) is 11.5 Å². The first-order valence-electron chi connectivity index (χ1n) is 8.71. The Hall–Kier alpha value is -3.30. The number of benzene rings is 1. The Morgan fingerprint density at radius 3 is 2.17 bits per heavy atom. The smallest absolute Gasteiger partial charge is 0.286 e. The van der Waals surface area contributed by atoms with Crippen LogP contribution in [0.3, 0.4) is 0 Å². The molecule has 0 bridgehead atoms. The molecule has 10 heteroatoms. The average molecular weight is 406 g/mol. The lowest BCUT2D eigenvalue weighted by Crippen LogP contribution is -2.15. The minimum Gasteiger partial charge on any atom is -0.352 e. The molecule has 0 amide bonds. The molecule has 0 atom stereocenters. The topological polar surface area (TPSA) is 75.6 Å². The van der Waals surface area contributed by atoms with Crippen molar-refractivity contribution >= 4 is 17.6 Å². The van der Waals surface area contributed by atoms with E-state index in [4.69, 9.17) is 0 Å². The van der Waals surface area contributed by atoms with E-state index in [1.165, 1.54) is 18.2 Å². The molecule has 0 aliphatic rings. The molecule has 152 valence electrons. The van der Waals surface area contributed by atoms with Crippen molar-refractivity contribution in [1.82, 2.24) is 19.9 Å². The zero-order valence-electron chi connectivity index (χ0n) is 15.8. The Labute approximate surface area is 164 Å². The SMILES string of the molecule is CC(C)Nc1nc(Nc2cc(F)cc(F)c2)nc(-c2cccc(C(C)(F)F)n2)n1. The van der Waals surface area contributed by atoms with Crippen LogP contribution < -0.4 is 10.6 Å². The second kappa shape index (κ2) is 7.98. The van der Waals surface area contributed by atoms with Gasteiger partial charge in [-0.1, -0.05) is 6.07 Å². The summed E-state index contributed by atoms with van der Waals surface area (Å²) in [5.41, 5.74) is -0.251. The quantitative estimate of drug-likeness (QED) is 0.568. The summed E-state index contributed by atoms with van der Waals surface area (Å²) in [4.78, 5) is 16.5. The van der Waals surface area contributed by atoms with Crippen molar-refractivity contribution in [2.24, 2.45) is 0 Å². The first-order chi connectivity index (χ1) is 13.6. The van der Waals surface area contributed by atoms with Gasteiger partial charge in [0, 0.05) is 24.7 Å². The molecule has 3 aromatic rings. The van der Waals surface area contributed by atoms with Crippen LogP contribution in [0.25, 0.3) is 11.5 Å². The largest absolute Gasteiger partial charge is 0.352 e. The summed E-state index contributed by atoms with van der Waals surface area (Å²) in [6.07, 6.45) is 0. The van der Waals surface area contributed by atoms with E-state index in [9.17, 15) is 17.6 Å². The summed E-state index contributed by atoms with van der Waals surface area (Å²) in [6, 6.07) is 6.93. The van der Waals surface area contributed by atoms with Gasteiger partial charge in [0.15, 0.2) is 5.82 Å². The zero-order chi connectivity index (χ0) is 21.2. The molecule has 29 heavy (non-hydrogen) atoms. The molecular formula is C19H18F4N6. The number of pyridine rings is 1. The van der Waals surface area contributed by atoms with E-state index in [0.717, 1.165) is 25.1 Å². The minimum absolute atomic E-state index is 0.0219. The number of hydrogen-bond acceptors (Lipinski definition) is 6. The number of alkyl halides is 2. The second-order valence-corrected chi connectivity index (χ2v) is 6.68. The molecule has 0 saturated carbocycles. The highest BCUT2D eigenvalue weighted by Gasteiger charge is 2.26. The van der Waals surface area contributed by atoms with E-state index in [1.54, 1.807) is 0 Å². The van der Waals surface area contributed by atoms with Gasteiger partial charge in [-0.2, -0.15) is 23.7 Å². The van der Waals surface area contributed by atoms with Gasteiger partial charge < -0.3 is 10.6 Å². The lowest BCUT2D eigenvalue weighted by atomic mass is 10.2. The van der Waals surface area contributed by atoms with Crippen molar-refractivity contribution < 1.29 is 17.6 Å². The Morgan fingerprint density at radius 1 is 0.897 bits per heavy atom. The van der Waals surface area contributed by atoms with Gasteiger partial charge in [-0.15, -0.1) is 0 Å². The zero-order valence-corrected chi connectivity index (χ0v) is 15.8. The van der Waals surface area contributed by atoms with Crippen molar-refractivity contribution in [2.45, 2.75) is 32.7 Å². The number of anilines is 3. The fourth-order valence-electron chi connectivity index (χ4n) is 2.43. The Kier molecular flexibility index (Phi) is 5.62. The Bertz CT molecular complexity index is 1000. The van der Waals surface area contributed by atoms with Crippen LogP contribution in [0.15, 0.2) is 36.4 Å². The molecular weight excluding hydrogens is 388 g/mol. The number of hydrogen-bond donors (Lipinski definition) is 2. The van der Waals surface area contributed by atoms with E-state index < -0.39 is 23.3 Å². The maximum absolute atomic E-state index is 13.6. The van der Waals surface area contributed by atoms with E-state index in [2.05, 4.69) is 30.6 Å². The summed E-state index contributed by atoms with van der Waals surface area (Å²) in [5, 5.41) is 5.68. The van der Waals surface area contributed by atoms with Gasteiger partial charge in [-0.05, 0) is 38.1 Å². The highest BCUT2D eigenvalue weighted by atomic mass is 19.3. The molecule has 3 rings (SSSR count). The van der Waals surface area contributed by atoms with Crippen LogP contribution in [0.5, 0.6) is 0 Å². The van der Waals surface area contributed by atoms with Crippen molar-refractivity contribution in [2.75, 3.05) is 10.6 Å². The van der Waals surface area contributed by atoms with Crippen LogP contribution in [-0.2, 0) is 5.92 Å². The van der Waals surface area contributed by atoms with Crippen molar-refractivity contribution in [1.29, 1.82) is 0 Å². The third-order valence-electron chi connectivity index (χ3n) is 3.60. The number of aromatic nitrogens is 4. The van der Waals surface area contributed by atoms with E-state index >= 15 is 0 Å². The maximum Gasteiger partial charge on any atom is 0.286 e. The first kappa shape index (κ1) is 20.4. The van der Waals surface area contributed by atoms with Gasteiger partial charge >= 0.3 is 0 Å². The molecule has 0 saturated heterocycles. The van der Waals surface area contributed by atoms with Crippen LogP contribution in [0.2, 0.25) is 0 Å². The normalized spacial score (nSPS) is 11.6. The van der Waals surface area contributed by atoms with Crippen LogP contribution in [0.4, 0.5) is 35.1 Å². The lowest BCUT2D eigenvalue weighted by molar-refractivity contribution is 0.0129. The predicted molar refractivity (Wildman–Crippen MR) is 101 cm³/mol. The predicted octanol–water partition coefficient (Wildman–Crippen LogP) is 4.89. The van der Waals surface area contributed by atoms with E-state index in [0.29, 0.717) is 0 Å². The molecule has 2 aromatic heterocycles. The molecule has 0 fully saturated rings. The average Bonchev–Trinajstić information content (AvgIpc) is 2.59. The molecule has 1 aromatic carbocycles. The molecule has 0 aliphatic carbocycles. The standard InChI is InChI=1S/C19H18F4N6/c1-10(2)24-17-27-16(14-5-4-6-15(26-14)19(3,22)23)28-18(29-17)25-13-8-11(20)7-12(21)9-13/h4-10H,1-3H3,(H2,24,25,27,28,29). The summed E-state index contributed by atoms with van der Waals surface area (Å²) in [7, 11) is 0. The highest BCUT2D eigenvalue weighted by molar-refractivity contribution is 5.59. The molecule has 6 nitrogen and oxygen atoms in total. The molecule has 0 aliphatic heterocycles. The van der Waals surface area contributed by atoms with E-state index in [1.807, 2.05) is 13.8 Å². The van der Waals surface area contributed by atoms with Gasteiger partial charge in [-0.3, -0.25) is 0 Å². The Balaban J connectivity index is 2.04. The summed E-state index contributed by atoms with van der Waals surface area (Å²) >= 11 is 0. The number of rotatable bonds is 6. The Morgan fingerprint density at radius 2 is 1.55 bits per heavy atom. The van der Waals surface area contributed by atoms with E-state index in [-0.39, 0.29) is 35.1 Å². The highest BCUT2D eigenvalue weighted by Crippen LogP contribution is 2.27. The van der Waals surface area contributed by atoms with Crippen LogP contribution in [0, 0.1) is 11.6 Å². The van der Waals surface area contributed by atoms with Crippen LogP contribution in [-0.4, -0.2) is 26.0 Å². The number of nitrogens with zero attached hydrogens (tertiary/aromatic N) is 4. The summed E-state index contributed by atoms with van der Waals surface area (Å²) in [5.74, 6) is -4.54.